The summed E-state index contributed by atoms with van der Waals surface area (Å²) in [6.07, 6.45) is 2.80. The zero-order valence-electron chi connectivity index (χ0n) is 13.7. The molecule has 22 heavy (non-hydrogen) atoms. The van der Waals surface area contributed by atoms with Crippen molar-refractivity contribution in [2.75, 3.05) is 6.54 Å². The summed E-state index contributed by atoms with van der Waals surface area (Å²) in [6.45, 7) is 7.20. The molecule has 0 spiro atoms. The molecule has 3 N–H and O–H groups in total. The van der Waals surface area contributed by atoms with Crippen LogP contribution in [0.5, 0.6) is 0 Å². The lowest BCUT2D eigenvalue weighted by Crippen LogP contribution is -2.48. The normalized spacial score (nSPS) is 11.8. The summed E-state index contributed by atoms with van der Waals surface area (Å²) in [4.78, 5) is 12.4. The zero-order chi connectivity index (χ0) is 16.4. The number of thiocarbonyl (C=S) groups is 1. The van der Waals surface area contributed by atoms with Crippen LogP contribution in [0.25, 0.3) is 0 Å². The van der Waals surface area contributed by atoms with E-state index in [1.807, 2.05) is 30.3 Å². The first-order chi connectivity index (χ1) is 10.5. The van der Waals surface area contributed by atoms with Gasteiger partial charge in [0.2, 0.25) is 5.91 Å². The first kappa shape index (κ1) is 18.4. The van der Waals surface area contributed by atoms with Gasteiger partial charge >= 0.3 is 0 Å². The first-order valence-corrected chi connectivity index (χ1v) is 8.34. The van der Waals surface area contributed by atoms with Gasteiger partial charge in [-0.25, -0.2) is 0 Å². The number of carbonyl (C=O) groups is 1. The number of benzene rings is 1. The van der Waals surface area contributed by atoms with E-state index in [0.29, 0.717) is 11.0 Å². The monoisotopic (exact) mass is 321 g/mol. The van der Waals surface area contributed by atoms with E-state index in [2.05, 4.69) is 36.9 Å². The van der Waals surface area contributed by atoms with Crippen molar-refractivity contribution in [3.63, 3.8) is 0 Å². The summed E-state index contributed by atoms with van der Waals surface area (Å²) in [5.74, 6) is 0.412. The lowest BCUT2D eigenvalue weighted by atomic mass is 9.94. The summed E-state index contributed by atoms with van der Waals surface area (Å²) in [5.41, 5.74) is 6.53. The minimum atomic E-state index is -0.155. The Hall–Kier alpha value is -1.62. The van der Waals surface area contributed by atoms with Crippen LogP contribution in [0.4, 0.5) is 0 Å². The Balaban J connectivity index is 2.46. The Labute approximate surface area is 139 Å². The molecule has 0 bridgehead atoms. The molecule has 1 rings (SSSR count). The third-order valence-corrected chi connectivity index (χ3v) is 3.65. The molecule has 1 atom stereocenters. The van der Waals surface area contributed by atoms with Crippen LogP contribution >= 0.6 is 12.2 Å². The van der Waals surface area contributed by atoms with Crippen LogP contribution in [0.3, 0.4) is 0 Å². The Morgan fingerprint density at radius 2 is 1.82 bits per heavy atom. The molecule has 0 aliphatic rings. The van der Waals surface area contributed by atoms with Gasteiger partial charge in [-0.15, -0.1) is 0 Å². The minimum Gasteiger partial charge on any atom is -0.361 e. The molecule has 0 unspecified atom stereocenters. The molecule has 5 heteroatoms. The van der Waals surface area contributed by atoms with Crippen LogP contribution in [-0.2, 0) is 4.79 Å². The van der Waals surface area contributed by atoms with Crippen molar-refractivity contribution in [2.24, 2.45) is 5.92 Å². The van der Waals surface area contributed by atoms with Crippen molar-refractivity contribution in [3.8, 4) is 0 Å². The van der Waals surface area contributed by atoms with Crippen molar-refractivity contribution >= 4 is 23.2 Å². The molecular formula is C17H27N3OS. The number of hydrazine groups is 1. The van der Waals surface area contributed by atoms with Crippen molar-refractivity contribution in [3.05, 3.63) is 35.9 Å². The van der Waals surface area contributed by atoms with E-state index in [0.717, 1.165) is 31.4 Å². The molecule has 0 heterocycles. The fourth-order valence-corrected chi connectivity index (χ4v) is 2.30. The quantitative estimate of drug-likeness (QED) is 0.533. The summed E-state index contributed by atoms with van der Waals surface area (Å²) in [6, 6.07) is 9.84. The van der Waals surface area contributed by atoms with Crippen molar-refractivity contribution in [1.82, 2.24) is 16.2 Å². The van der Waals surface area contributed by atoms with E-state index in [9.17, 15) is 4.79 Å². The standard InChI is InChI=1S/C17H27N3OS/c1-4-8-15(14-9-6-5-7-10-14)16(21)19-20-17(22)18-12-11-13(2)3/h5-7,9-10,13,15H,4,8,11-12H2,1-3H3,(H,19,21)(H2,18,20,22)/t15-/m0/s1. The van der Waals surface area contributed by atoms with Gasteiger partial charge in [0.25, 0.3) is 0 Å². The molecule has 122 valence electrons. The SMILES string of the molecule is CCC[C@H](C(=O)NNC(=S)NCCC(C)C)c1ccccc1. The van der Waals surface area contributed by atoms with Crippen LogP contribution in [-0.4, -0.2) is 17.6 Å². The molecule has 1 amide bonds. The smallest absolute Gasteiger partial charge is 0.245 e. The molecule has 1 aromatic carbocycles. The van der Waals surface area contributed by atoms with Gasteiger partial charge < -0.3 is 5.32 Å². The number of rotatable bonds is 7. The highest BCUT2D eigenvalue weighted by Crippen LogP contribution is 2.20. The molecule has 0 saturated heterocycles. The lowest BCUT2D eigenvalue weighted by Gasteiger charge is -2.18. The molecule has 0 fully saturated rings. The Morgan fingerprint density at radius 3 is 2.41 bits per heavy atom. The Bertz CT molecular complexity index is 462. The van der Waals surface area contributed by atoms with Gasteiger partial charge in [0.15, 0.2) is 5.11 Å². The first-order valence-electron chi connectivity index (χ1n) is 7.93. The van der Waals surface area contributed by atoms with Gasteiger partial charge in [0.1, 0.15) is 0 Å². The van der Waals surface area contributed by atoms with Gasteiger partial charge in [0.05, 0.1) is 5.92 Å². The average Bonchev–Trinajstić information content (AvgIpc) is 2.50. The van der Waals surface area contributed by atoms with Gasteiger partial charge in [0, 0.05) is 6.54 Å². The fourth-order valence-electron chi connectivity index (χ4n) is 2.15. The third kappa shape index (κ3) is 6.89. The lowest BCUT2D eigenvalue weighted by molar-refractivity contribution is -0.123. The number of nitrogens with one attached hydrogen (secondary N) is 3. The molecule has 0 aliphatic heterocycles. The van der Waals surface area contributed by atoms with E-state index in [4.69, 9.17) is 12.2 Å². The molecule has 0 saturated carbocycles. The average molecular weight is 321 g/mol. The highest BCUT2D eigenvalue weighted by molar-refractivity contribution is 7.80. The van der Waals surface area contributed by atoms with Crippen molar-refractivity contribution < 1.29 is 4.79 Å². The predicted octanol–water partition coefficient (Wildman–Crippen LogP) is 3.11. The maximum Gasteiger partial charge on any atom is 0.245 e. The van der Waals surface area contributed by atoms with Crippen LogP contribution in [0.15, 0.2) is 30.3 Å². The second-order valence-electron chi connectivity index (χ2n) is 5.80. The van der Waals surface area contributed by atoms with E-state index in [-0.39, 0.29) is 11.8 Å². The highest BCUT2D eigenvalue weighted by atomic mass is 32.1. The minimum absolute atomic E-state index is 0.0546. The summed E-state index contributed by atoms with van der Waals surface area (Å²) >= 11 is 5.16. The summed E-state index contributed by atoms with van der Waals surface area (Å²) in [5, 5.41) is 3.54. The Morgan fingerprint density at radius 1 is 1.14 bits per heavy atom. The molecular weight excluding hydrogens is 294 g/mol. The second-order valence-corrected chi connectivity index (χ2v) is 6.21. The molecule has 4 nitrogen and oxygen atoms in total. The van der Waals surface area contributed by atoms with E-state index in [1.165, 1.54) is 0 Å². The topological polar surface area (TPSA) is 53.2 Å². The highest BCUT2D eigenvalue weighted by Gasteiger charge is 2.19. The zero-order valence-corrected chi connectivity index (χ0v) is 14.5. The maximum atomic E-state index is 12.4. The van der Waals surface area contributed by atoms with Crippen LogP contribution in [0.2, 0.25) is 0 Å². The fraction of sp³-hybridized carbons (Fsp3) is 0.529. The summed E-state index contributed by atoms with van der Waals surface area (Å²) in [7, 11) is 0. The van der Waals surface area contributed by atoms with Crippen molar-refractivity contribution in [2.45, 2.75) is 46.0 Å². The predicted molar refractivity (Wildman–Crippen MR) is 95.4 cm³/mol. The number of carbonyl (C=O) groups excluding carboxylic acids is 1. The third-order valence-electron chi connectivity index (χ3n) is 3.40. The molecule has 0 aromatic heterocycles. The van der Waals surface area contributed by atoms with Crippen LogP contribution in [0.1, 0.15) is 51.5 Å². The largest absolute Gasteiger partial charge is 0.361 e. The number of hydrogen-bond donors (Lipinski definition) is 3. The van der Waals surface area contributed by atoms with E-state index >= 15 is 0 Å². The molecule has 0 radical (unpaired) electrons. The van der Waals surface area contributed by atoms with Crippen LogP contribution < -0.4 is 16.2 Å². The Kier molecular flexibility index (Phi) is 8.51. The number of hydrogen-bond acceptors (Lipinski definition) is 2. The molecule has 0 aliphatic carbocycles. The molecule has 1 aromatic rings. The van der Waals surface area contributed by atoms with Gasteiger partial charge in [-0.3, -0.25) is 15.6 Å². The van der Waals surface area contributed by atoms with Gasteiger partial charge in [-0.05, 0) is 36.5 Å². The van der Waals surface area contributed by atoms with Crippen molar-refractivity contribution in [1.29, 1.82) is 0 Å². The number of amides is 1. The van der Waals surface area contributed by atoms with Crippen LogP contribution in [0, 0.1) is 5.92 Å². The summed E-state index contributed by atoms with van der Waals surface area (Å²) < 4.78 is 0. The van der Waals surface area contributed by atoms with Gasteiger partial charge in [-0.2, -0.15) is 0 Å². The van der Waals surface area contributed by atoms with E-state index in [1.54, 1.807) is 0 Å². The second kappa shape index (κ2) is 10.2. The van der Waals surface area contributed by atoms with Gasteiger partial charge in [-0.1, -0.05) is 57.5 Å². The van der Waals surface area contributed by atoms with E-state index < -0.39 is 0 Å². The maximum absolute atomic E-state index is 12.4.